The maximum Gasteiger partial charge on any atom is 0.273 e. The Morgan fingerprint density at radius 2 is 2.05 bits per heavy atom. The molecule has 2 heterocycles. The number of nitrogens with zero attached hydrogens (tertiary/aromatic N) is 2. The van der Waals surface area contributed by atoms with Crippen LogP contribution in [0, 0.1) is 0 Å². The summed E-state index contributed by atoms with van der Waals surface area (Å²) in [5.41, 5.74) is 3.47. The number of amides is 1. The van der Waals surface area contributed by atoms with Crippen molar-refractivity contribution in [1.82, 2.24) is 15.6 Å². The Morgan fingerprint density at radius 1 is 1.27 bits per heavy atom. The van der Waals surface area contributed by atoms with Gasteiger partial charge in [0.15, 0.2) is 12.6 Å². The summed E-state index contributed by atoms with van der Waals surface area (Å²) in [4.78, 5) is 32.9. The van der Waals surface area contributed by atoms with Crippen molar-refractivity contribution >= 4 is 30.3 Å². The van der Waals surface area contributed by atoms with E-state index in [0.29, 0.717) is 12.6 Å². The number of carbonyl (C=O) groups is 3. The van der Waals surface area contributed by atoms with Crippen LogP contribution in [-0.2, 0) is 9.59 Å². The molecule has 0 saturated carbocycles. The van der Waals surface area contributed by atoms with Gasteiger partial charge < -0.3 is 5.11 Å². The number of rotatable bonds is 5. The van der Waals surface area contributed by atoms with E-state index < -0.39 is 5.91 Å². The molecule has 0 unspecified atom stereocenters. The smallest absolute Gasteiger partial charge is 0.273 e. The average molecular weight is 300 g/mol. The van der Waals surface area contributed by atoms with Crippen molar-refractivity contribution in [1.29, 1.82) is 0 Å². The first kappa shape index (κ1) is 15.1. The monoisotopic (exact) mass is 300 g/mol. The van der Waals surface area contributed by atoms with Crippen LogP contribution in [0.5, 0.6) is 5.88 Å². The average Bonchev–Trinajstić information content (AvgIpc) is 3.05. The minimum atomic E-state index is -0.453. The molecule has 0 aromatic carbocycles. The maximum absolute atomic E-state index is 11.4. The van der Waals surface area contributed by atoms with Gasteiger partial charge in [0.05, 0.1) is 11.1 Å². The van der Waals surface area contributed by atoms with E-state index in [-0.39, 0.29) is 28.4 Å². The van der Waals surface area contributed by atoms with E-state index in [1.165, 1.54) is 12.2 Å². The fraction of sp³-hybridized carbons (Fsp3) is 0.0714. The van der Waals surface area contributed by atoms with Crippen molar-refractivity contribution in [3.8, 4) is 5.88 Å². The number of hydrogen-bond acceptors (Lipinski definition) is 6. The van der Waals surface area contributed by atoms with E-state index in [1.807, 2.05) is 0 Å². The summed E-state index contributed by atoms with van der Waals surface area (Å²) in [6.45, 7) is 1.75. The lowest BCUT2D eigenvalue weighted by molar-refractivity contribution is -0.116. The molecule has 1 aliphatic heterocycles. The number of hydrazone groups is 1. The molecule has 3 N–H and O–H groups in total. The van der Waals surface area contributed by atoms with Crippen LogP contribution in [0.4, 0.5) is 0 Å². The number of H-pyrrole nitrogens is 1. The number of hydrogen-bond donors (Lipinski definition) is 3. The highest BCUT2D eigenvalue weighted by molar-refractivity contribution is 6.46. The molecule has 0 spiro atoms. The molecular formula is C14H12N4O4. The summed E-state index contributed by atoms with van der Waals surface area (Å²) in [6.07, 6.45) is 7.21. The third-order valence-electron chi connectivity index (χ3n) is 2.86. The van der Waals surface area contributed by atoms with E-state index in [0.717, 1.165) is 5.57 Å². The Balaban J connectivity index is 2.20. The lowest BCUT2D eigenvalue weighted by Gasteiger charge is -1.93. The van der Waals surface area contributed by atoms with Crippen LogP contribution in [0.25, 0.3) is 6.08 Å². The molecule has 112 valence electrons. The first-order valence-electron chi connectivity index (χ1n) is 6.19. The fourth-order valence-electron chi connectivity index (χ4n) is 1.69. The van der Waals surface area contributed by atoms with Gasteiger partial charge in [-0.15, -0.1) is 0 Å². The van der Waals surface area contributed by atoms with Crippen molar-refractivity contribution in [2.24, 2.45) is 5.10 Å². The zero-order valence-electron chi connectivity index (χ0n) is 11.5. The van der Waals surface area contributed by atoms with Crippen molar-refractivity contribution in [2.45, 2.75) is 6.92 Å². The summed E-state index contributed by atoms with van der Waals surface area (Å²) in [6, 6.07) is 0. The summed E-state index contributed by atoms with van der Waals surface area (Å²) >= 11 is 0. The topological polar surface area (TPSA) is 125 Å². The number of aldehydes is 2. The van der Waals surface area contributed by atoms with Crippen molar-refractivity contribution < 1.29 is 19.5 Å². The van der Waals surface area contributed by atoms with Crippen LogP contribution in [0.3, 0.4) is 0 Å². The van der Waals surface area contributed by atoms with Gasteiger partial charge in [-0.05, 0) is 19.1 Å². The highest BCUT2D eigenvalue weighted by Gasteiger charge is 2.20. The molecule has 1 aromatic rings. The third kappa shape index (κ3) is 3.06. The highest BCUT2D eigenvalue weighted by Crippen LogP contribution is 2.18. The van der Waals surface area contributed by atoms with Crippen molar-refractivity contribution in [2.75, 3.05) is 0 Å². The van der Waals surface area contributed by atoms with Crippen LogP contribution >= 0.6 is 0 Å². The van der Waals surface area contributed by atoms with Crippen LogP contribution in [0.2, 0.25) is 0 Å². The maximum atomic E-state index is 11.4. The van der Waals surface area contributed by atoms with Crippen LogP contribution in [-0.4, -0.2) is 39.5 Å². The van der Waals surface area contributed by atoms with Gasteiger partial charge in [0.1, 0.15) is 11.4 Å². The van der Waals surface area contributed by atoms with Gasteiger partial charge in [-0.3, -0.25) is 14.4 Å². The SMILES string of the molecule is CC(C=Cc1c(C=O)n[nH]c1O)=CC=C1C(=O)NN=C1C=O. The highest BCUT2D eigenvalue weighted by atomic mass is 16.3. The quantitative estimate of drug-likeness (QED) is 0.415. The predicted octanol–water partition coefficient (Wildman–Crippen LogP) is 0.498. The first-order chi connectivity index (χ1) is 10.6. The van der Waals surface area contributed by atoms with Crippen LogP contribution in [0.1, 0.15) is 23.0 Å². The molecule has 1 aliphatic rings. The second kappa shape index (κ2) is 6.44. The van der Waals surface area contributed by atoms with Gasteiger partial charge in [0.25, 0.3) is 5.91 Å². The second-order valence-electron chi connectivity index (χ2n) is 4.37. The zero-order chi connectivity index (χ0) is 16.1. The summed E-state index contributed by atoms with van der Waals surface area (Å²) in [7, 11) is 0. The van der Waals surface area contributed by atoms with Gasteiger partial charge in [0, 0.05) is 0 Å². The molecule has 0 fully saturated rings. The second-order valence-corrected chi connectivity index (χ2v) is 4.37. The Kier molecular flexibility index (Phi) is 4.42. The molecule has 22 heavy (non-hydrogen) atoms. The van der Waals surface area contributed by atoms with E-state index >= 15 is 0 Å². The summed E-state index contributed by atoms with van der Waals surface area (Å²) < 4.78 is 0. The van der Waals surface area contributed by atoms with E-state index in [4.69, 9.17) is 0 Å². The lowest BCUT2D eigenvalue weighted by Crippen LogP contribution is -2.13. The van der Waals surface area contributed by atoms with Crippen molar-refractivity contribution in [3.63, 3.8) is 0 Å². The Bertz CT molecular complexity index is 753. The molecule has 2 rings (SSSR count). The molecule has 1 amide bonds. The summed E-state index contributed by atoms with van der Waals surface area (Å²) in [5, 5.41) is 19.0. The number of carbonyl (C=O) groups excluding carboxylic acids is 3. The van der Waals surface area contributed by atoms with Gasteiger partial charge in [-0.2, -0.15) is 10.2 Å². The Hall–Kier alpha value is -3.29. The van der Waals surface area contributed by atoms with E-state index in [2.05, 4.69) is 20.7 Å². The Morgan fingerprint density at radius 3 is 2.73 bits per heavy atom. The Labute approximate surface area is 124 Å². The number of aromatic amines is 1. The van der Waals surface area contributed by atoms with Crippen LogP contribution in [0.15, 0.2) is 34.5 Å². The number of aromatic nitrogens is 2. The molecule has 0 bridgehead atoms. The molecule has 8 heteroatoms. The van der Waals surface area contributed by atoms with E-state index in [1.54, 1.807) is 19.1 Å². The number of aromatic hydroxyl groups is 1. The van der Waals surface area contributed by atoms with Gasteiger partial charge in [0.2, 0.25) is 5.88 Å². The van der Waals surface area contributed by atoms with Gasteiger partial charge in [-0.1, -0.05) is 17.7 Å². The van der Waals surface area contributed by atoms with E-state index in [9.17, 15) is 19.5 Å². The lowest BCUT2D eigenvalue weighted by atomic mass is 10.1. The minimum Gasteiger partial charge on any atom is -0.493 e. The number of nitrogens with one attached hydrogen (secondary N) is 2. The zero-order valence-corrected chi connectivity index (χ0v) is 11.5. The minimum absolute atomic E-state index is 0.0359. The van der Waals surface area contributed by atoms with Gasteiger partial charge >= 0.3 is 0 Å². The summed E-state index contributed by atoms with van der Waals surface area (Å²) in [5.74, 6) is -0.666. The first-order valence-corrected chi connectivity index (χ1v) is 6.19. The molecular weight excluding hydrogens is 288 g/mol. The molecule has 1 aromatic heterocycles. The van der Waals surface area contributed by atoms with Crippen molar-refractivity contribution in [3.05, 3.63) is 40.6 Å². The fourth-order valence-corrected chi connectivity index (χ4v) is 1.69. The molecule has 8 nitrogen and oxygen atoms in total. The molecule has 0 radical (unpaired) electrons. The molecule has 0 atom stereocenters. The molecule has 0 aliphatic carbocycles. The van der Waals surface area contributed by atoms with Crippen LogP contribution < -0.4 is 5.43 Å². The predicted molar refractivity (Wildman–Crippen MR) is 78.2 cm³/mol. The normalized spacial score (nSPS) is 17.0. The molecule has 0 saturated heterocycles. The largest absolute Gasteiger partial charge is 0.493 e. The van der Waals surface area contributed by atoms with Gasteiger partial charge in [-0.25, -0.2) is 10.5 Å². The number of allylic oxidation sites excluding steroid dienone is 4. The third-order valence-corrected chi connectivity index (χ3v) is 2.86. The standard InChI is InChI=1S/C14H12N4O4/c1-8(2-4-9-11(6-19)15-17-13(9)21)3-5-10-12(7-20)16-18-14(10)22/h2-7H,1H3,(H,17,21)(H2,16,18,22).